The molecule has 0 aliphatic rings. The fourth-order valence-corrected chi connectivity index (χ4v) is 1.73. The van der Waals surface area contributed by atoms with E-state index in [-0.39, 0.29) is 17.7 Å². The van der Waals surface area contributed by atoms with Crippen LogP contribution in [0.5, 0.6) is 0 Å². The lowest BCUT2D eigenvalue weighted by Crippen LogP contribution is -2.04. The molecule has 0 bridgehead atoms. The summed E-state index contributed by atoms with van der Waals surface area (Å²) in [5, 5.41) is 9.14. The van der Waals surface area contributed by atoms with Crippen LogP contribution in [0.25, 0.3) is 6.08 Å². The quantitative estimate of drug-likeness (QED) is 0.363. The molecule has 1 aromatic rings. The fraction of sp³-hybridized carbons (Fsp3) is 0.133. The molecule has 21 heavy (non-hydrogen) atoms. The molecular weight excluding hydrogens is 298 g/mol. The molecule has 0 aromatic heterocycles. The maximum atomic E-state index is 13.5. The van der Waals surface area contributed by atoms with E-state index in [4.69, 9.17) is 5.11 Å². The number of hydrogen-bond donors (Lipinski definition) is 2. The fourth-order valence-electron chi connectivity index (χ4n) is 1.59. The third kappa shape index (κ3) is 5.17. The van der Waals surface area contributed by atoms with E-state index < -0.39 is 17.6 Å². The lowest BCUT2D eigenvalue weighted by atomic mass is 10.1. The Morgan fingerprint density at radius 3 is 2.62 bits per heavy atom. The van der Waals surface area contributed by atoms with Gasteiger partial charge < -0.3 is 9.29 Å². The van der Waals surface area contributed by atoms with Gasteiger partial charge in [-0.2, -0.15) is 0 Å². The van der Waals surface area contributed by atoms with Crippen LogP contribution in [0.1, 0.15) is 12.5 Å². The third-order valence-corrected chi connectivity index (χ3v) is 2.69. The number of thiol groups is 1. The molecule has 0 saturated heterocycles. The van der Waals surface area contributed by atoms with Crippen LogP contribution in [0.15, 0.2) is 47.6 Å². The van der Waals surface area contributed by atoms with Crippen LogP contribution < -0.4 is 0 Å². The number of halogens is 2. The summed E-state index contributed by atoms with van der Waals surface area (Å²) in [6, 6.07) is 3.13. The molecule has 0 radical (unpaired) electrons. The van der Waals surface area contributed by atoms with E-state index in [0.29, 0.717) is 5.57 Å². The molecule has 0 aliphatic heterocycles. The van der Waals surface area contributed by atoms with E-state index >= 15 is 0 Å². The molecule has 0 fully saturated rings. The predicted molar refractivity (Wildman–Crippen MR) is 79.8 cm³/mol. The standard InChI is InChI=1S/C15H14F2O3S/c1-2-3-13(15(18)19)11(9-20-21)5-4-10-6-7-12(16)8-14(10)17/h2-8,21H,9H2,1H3,(H,18,19)/b3-2-,5-4+,13-11-. The first-order chi connectivity index (χ1) is 9.99. The molecule has 1 aromatic carbocycles. The van der Waals surface area contributed by atoms with Gasteiger partial charge in [0.25, 0.3) is 0 Å². The summed E-state index contributed by atoms with van der Waals surface area (Å²) in [7, 11) is 0. The Labute approximate surface area is 126 Å². The second kappa shape index (κ2) is 8.39. The zero-order chi connectivity index (χ0) is 15.8. The molecule has 1 N–H and O–H groups in total. The van der Waals surface area contributed by atoms with Crippen molar-refractivity contribution in [2.24, 2.45) is 0 Å². The predicted octanol–water partition coefficient (Wildman–Crippen LogP) is 3.80. The Bertz CT molecular complexity index is 607. The van der Waals surface area contributed by atoms with Crippen LogP contribution in [-0.4, -0.2) is 17.7 Å². The highest BCUT2D eigenvalue weighted by Crippen LogP contribution is 2.16. The Hall–Kier alpha value is -1.92. The molecule has 0 saturated carbocycles. The molecule has 6 heteroatoms. The van der Waals surface area contributed by atoms with Gasteiger partial charge in [-0.1, -0.05) is 24.3 Å². The molecule has 3 nitrogen and oxygen atoms in total. The Balaban J connectivity index is 3.20. The number of rotatable bonds is 6. The van der Waals surface area contributed by atoms with Crippen molar-refractivity contribution in [3.05, 3.63) is 64.8 Å². The van der Waals surface area contributed by atoms with Crippen molar-refractivity contribution in [1.29, 1.82) is 0 Å². The average molecular weight is 312 g/mol. The maximum absolute atomic E-state index is 13.5. The Morgan fingerprint density at radius 1 is 1.38 bits per heavy atom. The van der Waals surface area contributed by atoms with E-state index in [2.05, 4.69) is 17.1 Å². The lowest BCUT2D eigenvalue weighted by Gasteiger charge is -2.04. The number of carboxylic acid groups (broad SMARTS) is 1. The first-order valence-electron chi connectivity index (χ1n) is 5.98. The van der Waals surface area contributed by atoms with Gasteiger partial charge in [0.2, 0.25) is 0 Å². The Morgan fingerprint density at radius 2 is 2.10 bits per heavy atom. The molecule has 0 spiro atoms. The van der Waals surface area contributed by atoms with Crippen LogP contribution in [0.3, 0.4) is 0 Å². The SMILES string of the molecule is C\C=C/C(C(=O)O)=C(\C=C\c1ccc(F)cc1F)COS. The normalized spacial score (nSPS) is 13.0. The number of hydrogen-bond acceptors (Lipinski definition) is 3. The van der Waals surface area contributed by atoms with Crippen LogP contribution in [-0.2, 0) is 8.98 Å². The van der Waals surface area contributed by atoms with E-state index in [9.17, 15) is 13.6 Å². The zero-order valence-electron chi connectivity index (χ0n) is 11.2. The van der Waals surface area contributed by atoms with Gasteiger partial charge in [0.05, 0.1) is 12.2 Å². The van der Waals surface area contributed by atoms with Crippen molar-refractivity contribution in [3.8, 4) is 0 Å². The smallest absolute Gasteiger partial charge is 0.336 e. The second-order valence-corrected chi connectivity index (χ2v) is 4.27. The van der Waals surface area contributed by atoms with Crippen LogP contribution in [0.2, 0.25) is 0 Å². The van der Waals surface area contributed by atoms with E-state index in [1.165, 1.54) is 24.3 Å². The Kier molecular flexibility index (Phi) is 6.84. The molecule has 0 atom stereocenters. The molecule has 0 unspecified atom stereocenters. The summed E-state index contributed by atoms with van der Waals surface area (Å²) in [4.78, 5) is 11.2. The van der Waals surface area contributed by atoms with Crippen molar-refractivity contribution < 1.29 is 22.9 Å². The molecule has 0 aliphatic carbocycles. The number of carbonyl (C=O) groups is 1. The third-order valence-electron chi connectivity index (χ3n) is 2.56. The van der Waals surface area contributed by atoms with Gasteiger partial charge >= 0.3 is 5.97 Å². The van der Waals surface area contributed by atoms with Gasteiger partial charge in [0, 0.05) is 11.6 Å². The van der Waals surface area contributed by atoms with Crippen molar-refractivity contribution in [2.45, 2.75) is 6.92 Å². The number of allylic oxidation sites excluding steroid dienone is 1. The maximum Gasteiger partial charge on any atom is 0.336 e. The van der Waals surface area contributed by atoms with Crippen molar-refractivity contribution in [1.82, 2.24) is 0 Å². The molecule has 0 heterocycles. The summed E-state index contributed by atoms with van der Waals surface area (Å²) >= 11 is 3.60. The number of aliphatic carboxylic acids is 1. The summed E-state index contributed by atoms with van der Waals surface area (Å²) in [6.07, 6.45) is 5.71. The van der Waals surface area contributed by atoms with Gasteiger partial charge in [-0.25, -0.2) is 13.6 Å². The minimum absolute atomic E-state index is 0.00493. The number of benzene rings is 1. The monoisotopic (exact) mass is 312 g/mol. The first-order valence-corrected chi connectivity index (χ1v) is 6.34. The minimum Gasteiger partial charge on any atom is -0.478 e. The summed E-state index contributed by atoms with van der Waals surface area (Å²) in [5.74, 6) is -2.56. The van der Waals surface area contributed by atoms with E-state index in [1.807, 2.05) is 0 Å². The van der Waals surface area contributed by atoms with Gasteiger partial charge in [-0.05, 0) is 37.5 Å². The van der Waals surface area contributed by atoms with Gasteiger partial charge in [0.15, 0.2) is 0 Å². The second-order valence-electron chi connectivity index (χ2n) is 4.02. The molecule has 112 valence electrons. The molecule has 0 amide bonds. The van der Waals surface area contributed by atoms with Gasteiger partial charge in [0.1, 0.15) is 11.6 Å². The van der Waals surface area contributed by atoms with E-state index in [1.54, 1.807) is 13.0 Å². The van der Waals surface area contributed by atoms with Crippen molar-refractivity contribution >= 4 is 25.0 Å². The highest BCUT2D eigenvalue weighted by atomic mass is 32.1. The highest BCUT2D eigenvalue weighted by Gasteiger charge is 2.10. The summed E-state index contributed by atoms with van der Waals surface area (Å²) < 4.78 is 31.0. The van der Waals surface area contributed by atoms with Gasteiger partial charge in [-0.3, -0.25) is 0 Å². The lowest BCUT2D eigenvalue weighted by molar-refractivity contribution is -0.132. The highest BCUT2D eigenvalue weighted by molar-refractivity contribution is 7.75. The van der Waals surface area contributed by atoms with E-state index in [0.717, 1.165) is 12.1 Å². The van der Waals surface area contributed by atoms with Crippen molar-refractivity contribution in [2.75, 3.05) is 6.61 Å². The summed E-state index contributed by atoms with van der Waals surface area (Å²) in [5.41, 5.74) is 0.447. The number of carboxylic acids is 1. The largest absolute Gasteiger partial charge is 0.478 e. The average Bonchev–Trinajstić information content (AvgIpc) is 2.42. The van der Waals surface area contributed by atoms with Gasteiger partial charge in [-0.15, -0.1) is 0 Å². The first kappa shape index (κ1) is 17.1. The van der Waals surface area contributed by atoms with Crippen LogP contribution in [0, 0.1) is 11.6 Å². The topological polar surface area (TPSA) is 46.5 Å². The molecule has 1 rings (SSSR count). The van der Waals surface area contributed by atoms with Crippen LogP contribution >= 0.6 is 12.9 Å². The molecular formula is C15H14F2O3S. The summed E-state index contributed by atoms with van der Waals surface area (Å²) in [6.45, 7) is 1.60. The zero-order valence-corrected chi connectivity index (χ0v) is 12.1. The van der Waals surface area contributed by atoms with Crippen molar-refractivity contribution in [3.63, 3.8) is 0 Å². The van der Waals surface area contributed by atoms with Crippen LogP contribution in [0.4, 0.5) is 8.78 Å². The minimum atomic E-state index is -1.14.